The molecule has 6 heteroatoms. The number of nitrogens with one attached hydrogen (secondary N) is 1. The van der Waals surface area contributed by atoms with Gasteiger partial charge in [0.05, 0.1) is 11.4 Å². The number of aromatic nitrogens is 2. The number of halogens is 1. The van der Waals surface area contributed by atoms with Crippen LogP contribution in [0, 0.1) is 0 Å². The Balaban J connectivity index is 2.07. The minimum atomic E-state index is -0.0783. The minimum Gasteiger partial charge on any atom is -0.323 e. The zero-order valence-electron chi connectivity index (χ0n) is 9.30. The Bertz CT molecular complexity index is 599. The second-order valence-corrected chi connectivity index (χ2v) is 4.25. The quantitative estimate of drug-likeness (QED) is 0.854. The Morgan fingerprint density at radius 3 is 2.78 bits per heavy atom. The van der Waals surface area contributed by atoms with Crippen LogP contribution in [0.25, 0.3) is 0 Å². The molecule has 0 bridgehead atoms. The molecule has 0 aliphatic carbocycles. The largest absolute Gasteiger partial charge is 0.323 e. The van der Waals surface area contributed by atoms with Crippen LogP contribution in [0.2, 0.25) is 5.15 Å². The number of hydrogen-bond acceptors (Lipinski definition) is 4. The van der Waals surface area contributed by atoms with E-state index in [1.54, 1.807) is 17.0 Å². The summed E-state index contributed by atoms with van der Waals surface area (Å²) in [5.74, 6) is 0.521. The van der Waals surface area contributed by atoms with Gasteiger partial charge in [-0.05, 0) is 24.3 Å². The monoisotopic (exact) mass is 260 g/mol. The summed E-state index contributed by atoms with van der Waals surface area (Å²) in [6, 6.07) is 10.9. The Morgan fingerprint density at radius 2 is 2.00 bits per heavy atom. The van der Waals surface area contributed by atoms with E-state index in [1.807, 2.05) is 24.3 Å². The van der Waals surface area contributed by atoms with Crippen molar-refractivity contribution in [1.29, 1.82) is 0 Å². The Morgan fingerprint density at radius 1 is 1.17 bits per heavy atom. The van der Waals surface area contributed by atoms with Crippen LogP contribution in [0.15, 0.2) is 36.4 Å². The second-order valence-electron chi connectivity index (χ2n) is 3.87. The molecule has 1 N–H and O–H groups in total. The highest BCUT2D eigenvalue weighted by Crippen LogP contribution is 2.33. The number of benzene rings is 1. The first-order chi connectivity index (χ1) is 8.74. The molecule has 1 aliphatic rings. The van der Waals surface area contributed by atoms with Crippen LogP contribution in [0.4, 0.5) is 17.2 Å². The molecule has 5 nitrogen and oxygen atoms in total. The van der Waals surface area contributed by atoms with Gasteiger partial charge in [0.15, 0.2) is 11.0 Å². The fraction of sp³-hybridized carbons (Fsp3) is 0.0833. The lowest BCUT2D eigenvalue weighted by molar-refractivity contribution is -0.115. The number of para-hydroxylation sites is 2. The fourth-order valence-corrected chi connectivity index (χ4v) is 1.99. The molecule has 0 fully saturated rings. The third kappa shape index (κ3) is 1.89. The van der Waals surface area contributed by atoms with Crippen molar-refractivity contribution in [2.45, 2.75) is 0 Å². The van der Waals surface area contributed by atoms with Crippen molar-refractivity contribution in [1.82, 2.24) is 10.2 Å². The number of amides is 1. The Kier molecular flexibility index (Phi) is 2.60. The van der Waals surface area contributed by atoms with E-state index in [2.05, 4.69) is 15.5 Å². The molecule has 2 heterocycles. The van der Waals surface area contributed by atoms with Gasteiger partial charge < -0.3 is 10.2 Å². The van der Waals surface area contributed by atoms with Crippen LogP contribution < -0.4 is 10.2 Å². The summed E-state index contributed by atoms with van der Waals surface area (Å²) in [6.45, 7) is 0.216. The van der Waals surface area contributed by atoms with E-state index in [0.29, 0.717) is 11.0 Å². The first-order valence-electron chi connectivity index (χ1n) is 5.40. The number of fused-ring (bicyclic) bond motifs is 1. The molecule has 1 amide bonds. The van der Waals surface area contributed by atoms with E-state index in [0.717, 1.165) is 11.4 Å². The number of hydrogen-bond donors (Lipinski definition) is 1. The predicted octanol–water partition coefficient (Wildman–Crippen LogP) is 2.22. The van der Waals surface area contributed by atoms with Gasteiger partial charge in [0, 0.05) is 0 Å². The van der Waals surface area contributed by atoms with Crippen molar-refractivity contribution in [3.8, 4) is 0 Å². The van der Waals surface area contributed by atoms with E-state index in [1.165, 1.54) is 0 Å². The van der Waals surface area contributed by atoms with E-state index in [-0.39, 0.29) is 12.5 Å². The molecular formula is C12H9ClN4O. The maximum Gasteiger partial charge on any atom is 0.244 e. The van der Waals surface area contributed by atoms with Crippen LogP contribution in [0.3, 0.4) is 0 Å². The number of rotatable bonds is 1. The topological polar surface area (TPSA) is 58.1 Å². The van der Waals surface area contributed by atoms with Crippen molar-refractivity contribution in [2.75, 3.05) is 16.8 Å². The minimum absolute atomic E-state index is 0.0783. The molecule has 0 atom stereocenters. The molecule has 0 radical (unpaired) electrons. The number of carbonyl (C=O) groups excluding carboxylic acids is 1. The van der Waals surface area contributed by atoms with Gasteiger partial charge in [-0.25, -0.2) is 0 Å². The zero-order chi connectivity index (χ0) is 12.5. The lowest BCUT2D eigenvalue weighted by Gasteiger charge is -2.29. The molecule has 1 aromatic carbocycles. The maximum absolute atomic E-state index is 11.6. The van der Waals surface area contributed by atoms with Gasteiger partial charge in [-0.15, -0.1) is 10.2 Å². The van der Waals surface area contributed by atoms with Crippen LogP contribution >= 0.6 is 11.6 Å². The standard InChI is InChI=1S/C12H9ClN4O/c13-10-5-6-11(16-15-10)17-7-12(18)14-8-3-1-2-4-9(8)17/h1-6H,7H2,(H,14,18). The first kappa shape index (κ1) is 11.0. The van der Waals surface area contributed by atoms with Gasteiger partial charge in [0.1, 0.15) is 6.54 Å². The normalized spacial score (nSPS) is 14.1. The molecule has 1 aromatic heterocycles. The van der Waals surface area contributed by atoms with Gasteiger partial charge in [-0.3, -0.25) is 4.79 Å². The number of carbonyl (C=O) groups is 1. The molecule has 0 saturated carbocycles. The summed E-state index contributed by atoms with van der Waals surface area (Å²) >= 11 is 5.71. The molecule has 0 unspecified atom stereocenters. The van der Waals surface area contributed by atoms with Crippen LogP contribution in [0.5, 0.6) is 0 Å². The molecule has 18 heavy (non-hydrogen) atoms. The summed E-state index contributed by atoms with van der Waals surface area (Å²) < 4.78 is 0. The smallest absolute Gasteiger partial charge is 0.244 e. The molecule has 1 aliphatic heterocycles. The van der Waals surface area contributed by atoms with Gasteiger partial charge in [0.2, 0.25) is 5.91 Å². The molecule has 0 spiro atoms. The zero-order valence-corrected chi connectivity index (χ0v) is 10.1. The average Bonchev–Trinajstić information content (AvgIpc) is 2.38. The second kappa shape index (κ2) is 4.27. The molecule has 2 aromatic rings. The summed E-state index contributed by atoms with van der Waals surface area (Å²) in [6.07, 6.45) is 0. The van der Waals surface area contributed by atoms with Crippen molar-refractivity contribution in [3.63, 3.8) is 0 Å². The lowest BCUT2D eigenvalue weighted by Crippen LogP contribution is -2.35. The lowest BCUT2D eigenvalue weighted by atomic mass is 10.2. The van der Waals surface area contributed by atoms with E-state index < -0.39 is 0 Å². The summed E-state index contributed by atoms with van der Waals surface area (Å²) in [4.78, 5) is 13.5. The highest BCUT2D eigenvalue weighted by atomic mass is 35.5. The molecular weight excluding hydrogens is 252 g/mol. The highest BCUT2D eigenvalue weighted by molar-refractivity contribution is 6.29. The third-order valence-electron chi connectivity index (χ3n) is 2.67. The first-order valence-corrected chi connectivity index (χ1v) is 5.77. The van der Waals surface area contributed by atoms with Gasteiger partial charge in [-0.1, -0.05) is 23.7 Å². The van der Waals surface area contributed by atoms with Crippen molar-refractivity contribution in [3.05, 3.63) is 41.6 Å². The predicted molar refractivity (Wildman–Crippen MR) is 69.1 cm³/mol. The van der Waals surface area contributed by atoms with Crippen LogP contribution in [-0.4, -0.2) is 22.6 Å². The molecule has 0 saturated heterocycles. The van der Waals surface area contributed by atoms with Crippen molar-refractivity contribution in [2.24, 2.45) is 0 Å². The Hall–Kier alpha value is -2.14. The van der Waals surface area contributed by atoms with Gasteiger partial charge in [0.25, 0.3) is 0 Å². The van der Waals surface area contributed by atoms with Gasteiger partial charge >= 0.3 is 0 Å². The number of nitrogens with zero attached hydrogens (tertiary/aromatic N) is 3. The maximum atomic E-state index is 11.6. The van der Waals surface area contributed by atoms with Gasteiger partial charge in [-0.2, -0.15) is 0 Å². The SMILES string of the molecule is O=C1CN(c2ccc(Cl)nn2)c2ccccc2N1. The van der Waals surface area contributed by atoms with Crippen molar-refractivity contribution < 1.29 is 4.79 Å². The van der Waals surface area contributed by atoms with Crippen LogP contribution in [-0.2, 0) is 4.79 Å². The summed E-state index contributed by atoms with van der Waals surface area (Å²) in [5, 5.41) is 10.9. The van der Waals surface area contributed by atoms with E-state index in [9.17, 15) is 4.79 Å². The number of anilines is 3. The average molecular weight is 261 g/mol. The summed E-state index contributed by atoms with van der Waals surface area (Å²) in [7, 11) is 0. The fourth-order valence-electron chi connectivity index (χ4n) is 1.89. The van der Waals surface area contributed by atoms with E-state index in [4.69, 9.17) is 11.6 Å². The Labute approximate surface area is 108 Å². The van der Waals surface area contributed by atoms with Crippen molar-refractivity contribution >= 4 is 34.7 Å². The van der Waals surface area contributed by atoms with E-state index >= 15 is 0 Å². The third-order valence-corrected chi connectivity index (χ3v) is 2.87. The molecule has 3 rings (SSSR count). The molecule has 90 valence electrons. The summed E-state index contributed by atoms with van der Waals surface area (Å²) in [5.41, 5.74) is 1.67. The van der Waals surface area contributed by atoms with Crippen LogP contribution in [0.1, 0.15) is 0 Å². The highest BCUT2D eigenvalue weighted by Gasteiger charge is 2.23.